The van der Waals surface area contributed by atoms with Crippen LogP contribution in [0.25, 0.3) is 0 Å². The first-order chi connectivity index (χ1) is 3.00. The topological polar surface area (TPSA) is 115 Å². The van der Waals surface area contributed by atoms with Crippen LogP contribution >= 0.6 is 0 Å². The van der Waals surface area contributed by atoms with Crippen LogP contribution in [0.5, 0.6) is 0 Å². The van der Waals surface area contributed by atoms with Crippen LogP contribution in [0, 0.1) is 0 Å². The van der Waals surface area contributed by atoms with Gasteiger partial charge >= 0.3 is 40.0 Å². The molecule has 0 aromatic carbocycles. The van der Waals surface area contributed by atoms with Crippen molar-refractivity contribution in [3.8, 4) is 0 Å². The van der Waals surface area contributed by atoms with Crippen LogP contribution in [0.3, 0.4) is 0 Å². The summed E-state index contributed by atoms with van der Waals surface area (Å²) in [7, 11) is -4.67. The van der Waals surface area contributed by atoms with Gasteiger partial charge in [-0.3, -0.25) is 19.6 Å². The predicted octanol–water partition coefficient (Wildman–Crippen LogP) is -3.52. The van der Waals surface area contributed by atoms with Gasteiger partial charge in [-0.1, -0.05) is 0 Å². The molecule has 0 aliphatic rings. The van der Waals surface area contributed by atoms with Crippen molar-refractivity contribution < 1.29 is 76.1 Å². The van der Waals surface area contributed by atoms with Crippen LogP contribution in [-0.2, 0) is 27.5 Å². The van der Waals surface area contributed by atoms with Gasteiger partial charge in [0.2, 0.25) is 0 Å². The van der Waals surface area contributed by atoms with E-state index >= 15 is 0 Å². The van der Waals surface area contributed by atoms with E-state index in [2.05, 4.69) is 0 Å². The van der Waals surface area contributed by atoms with E-state index in [1.54, 1.807) is 0 Å². The summed E-state index contributed by atoms with van der Waals surface area (Å²) in [6.45, 7) is 0. The van der Waals surface area contributed by atoms with Crippen molar-refractivity contribution in [2.24, 2.45) is 0 Å². The standard InChI is InChI=1S/Fe.Na.H2O4S.H2O2.H/c;;1-5(2,3)4;1-2;/h;;(H2,1,2,3,4);1-2H;/q;+1;;;-1. The zero-order valence-corrected chi connectivity index (χ0v) is 8.29. The largest absolute Gasteiger partial charge is 1.00 e. The maximum atomic E-state index is 8.74. The van der Waals surface area contributed by atoms with Crippen molar-refractivity contribution in [3.05, 3.63) is 0 Å². The third kappa shape index (κ3) is 290. The first kappa shape index (κ1) is 22.4. The maximum Gasteiger partial charge on any atom is 1.00 e. The minimum atomic E-state index is -4.67. The molecule has 6 nitrogen and oxygen atoms in total. The maximum absolute atomic E-state index is 8.74. The normalized spacial score (nSPS) is 7.11. The molecule has 4 N–H and O–H groups in total. The van der Waals surface area contributed by atoms with Gasteiger partial charge in [0.1, 0.15) is 0 Å². The summed E-state index contributed by atoms with van der Waals surface area (Å²) < 4.78 is 31.6. The first-order valence-electron chi connectivity index (χ1n) is 0.898. The third-order valence-electron chi connectivity index (χ3n) is 0. The molecule has 9 heavy (non-hydrogen) atoms. The Balaban J connectivity index is -0.0000000154. The number of hydrogen-bond donors (Lipinski definition) is 4. The average Bonchev–Trinajstić information content (AvgIpc) is 1.36. The molecular weight excluding hydrogens is 207 g/mol. The summed E-state index contributed by atoms with van der Waals surface area (Å²) in [6.07, 6.45) is 0. The van der Waals surface area contributed by atoms with Crippen molar-refractivity contribution in [2.45, 2.75) is 0 Å². The number of rotatable bonds is 0. The molecule has 9 heteroatoms. The molecule has 0 bridgehead atoms. The quantitative estimate of drug-likeness (QED) is 0.143. The van der Waals surface area contributed by atoms with Crippen molar-refractivity contribution in [3.63, 3.8) is 0 Å². The van der Waals surface area contributed by atoms with Crippen molar-refractivity contribution >= 4 is 10.4 Å². The Morgan fingerprint density at radius 1 is 1.11 bits per heavy atom. The minimum Gasteiger partial charge on any atom is -1.00 e. The molecule has 0 amide bonds. The van der Waals surface area contributed by atoms with Gasteiger partial charge in [0.25, 0.3) is 0 Å². The summed E-state index contributed by atoms with van der Waals surface area (Å²) in [5.41, 5.74) is 0. The van der Waals surface area contributed by atoms with Gasteiger partial charge in [-0.25, -0.2) is 0 Å². The summed E-state index contributed by atoms with van der Waals surface area (Å²) in [5, 5.41) is 12.0. The summed E-state index contributed by atoms with van der Waals surface area (Å²) >= 11 is 0. The monoisotopic (exact) mass is 212 g/mol. The van der Waals surface area contributed by atoms with Crippen LogP contribution < -0.4 is 29.6 Å². The van der Waals surface area contributed by atoms with Crippen LogP contribution in [0.2, 0.25) is 0 Å². The fraction of sp³-hybridized carbons (Fsp3) is 0. The molecule has 0 radical (unpaired) electrons. The molecule has 56 valence electrons. The van der Waals surface area contributed by atoms with Gasteiger partial charge in [0, 0.05) is 17.1 Å². The van der Waals surface area contributed by atoms with E-state index < -0.39 is 10.4 Å². The van der Waals surface area contributed by atoms with Gasteiger partial charge in [-0.15, -0.1) is 0 Å². The van der Waals surface area contributed by atoms with Crippen LogP contribution in [0.4, 0.5) is 0 Å². The smallest absolute Gasteiger partial charge is 1.00 e. The Morgan fingerprint density at radius 3 is 1.11 bits per heavy atom. The molecular formula is H5FeNaO6S. The fourth-order valence-electron chi connectivity index (χ4n) is 0. The Kier molecular flexibility index (Phi) is 30.0. The Labute approximate surface area is 86.0 Å². The van der Waals surface area contributed by atoms with Gasteiger partial charge in [0.05, 0.1) is 0 Å². The second kappa shape index (κ2) is 12.0. The van der Waals surface area contributed by atoms with Gasteiger partial charge < -0.3 is 1.43 Å². The molecule has 0 aromatic rings. The van der Waals surface area contributed by atoms with E-state index in [-0.39, 0.29) is 48.1 Å². The first-order valence-corrected chi connectivity index (χ1v) is 2.30. The Bertz CT molecular complexity index is 101. The fourth-order valence-corrected chi connectivity index (χ4v) is 0. The molecule has 0 saturated heterocycles. The molecule has 0 aliphatic carbocycles. The van der Waals surface area contributed by atoms with E-state index in [0.29, 0.717) is 0 Å². The number of hydrogen-bond acceptors (Lipinski definition) is 4. The van der Waals surface area contributed by atoms with Crippen LogP contribution in [0.1, 0.15) is 1.43 Å². The zero-order valence-electron chi connectivity index (χ0n) is 5.37. The van der Waals surface area contributed by atoms with Crippen molar-refractivity contribution in [1.82, 2.24) is 0 Å². The van der Waals surface area contributed by atoms with E-state index in [1.165, 1.54) is 0 Å². The second-order valence-corrected chi connectivity index (χ2v) is 1.34. The van der Waals surface area contributed by atoms with E-state index in [9.17, 15) is 0 Å². The van der Waals surface area contributed by atoms with E-state index in [0.717, 1.165) is 0 Å². The molecule has 0 heterocycles. The SMILES string of the molecule is O=S(=O)(O)O.OO.[Fe].[H-].[Na+]. The Morgan fingerprint density at radius 2 is 1.11 bits per heavy atom. The zero-order chi connectivity index (χ0) is 6.50. The van der Waals surface area contributed by atoms with Crippen molar-refractivity contribution in [2.75, 3.05) is 0 Å². The molecule has 0 aromatic heterocycles. The molecule has 0 saturated carbocycles. The second-order valence-electron chi connectivity index (χ2n) is 0.448. The third-order valence-corrected chi connectivity index (χ3v) is 0. The molecule has 0 atom stereocenters. The molecule has 0 unspecified atom stereocenters. The van der Waals surface area contributed by atoms with E-state index in [1.807, 2.05) is 0 Å². The van der Waals surface area contributed by atoms with E-state index in [4.69, 9.17) is 28.0 Å². The molecule has 0 rings (SSSR count). The average molecular weight is 212 g/mol. The molecule has 0 aliphatic heterocycles. The van der Waals surface area contributed by atoms with Crippen LogP contribution in [-0.4, -0.2) is 28.0 Å². The molecule has 0 fully saturated rings. The van der Waals surface area contributed by atoms with Gasteiger partial charge in [0.15, 0.2) is 0 Å². The summed E-state index contributed by atoms with van der Waals surface area (Å²) in [5.74, 6) is 0. The van der Waals surface area contributed by atoms with Crippen LogP contribution in [0.15, 0.2) is 0 Å². The van der Waals surface area contributed by atoms with Gasteiger partial charge in [-0.05, 0) is 0 Å². The van der Waals surface area contributed by atoms with Gasteiger partial charge in [-0.2, -0.15) is 8.42 Å². The van der Waals surface area contributed by atoms with Crippen molar-refractivity contribution in [1.29, 1.82) is 0 Å². The molecule has 0 spiro atoms. The summed E-state index contributed by atoms with van der Waals surface area (Å²) in [6, 6.07) is 0. The summed E-state index contributed by atoms with van der Waals surface area (Å²) in [4.78, 5) is 0. The minimum absolute atomic E-state index is 0. The Hall–Kier alpha value is 1.31. The predicted molar refractivity (Wildman–Crippen MR) is 20.5 cm³/mol.